The second-order valence-corrected chi connectivity index (χ2v) is 8.62. The zero-order chi connectivity index (χ0) is 24.6. The summed E-state index contributed by atoms with van der Waals surface area (Å²) >= 11 is 0. The number of phenolic OH excluding ortho intramolecular Hbond substituents is 3. The van der Waals surface area contributed by atoms with Crippen molar-refractivity contribution in [2.24, 2.45) is 0 Å². The molecule has 3 N–H and O–H groups in total. The van der Waals surface area contributed by atoms with E-state index in [1.54, 1.807) is 24.3 Å². The summed E-state index contributed by atoms with van der Waals surface area (Å²) in [5.74, 6) is 1.74. The van der Waals surface area contributed by atoms with Crippen LogP contribution in [0.1, 0.15) is 27.8 Å². The molecule has 0 saturated heterocycles. The highest BCUT2D eigenvalue weighted by Gasteiger charge is 2.23. The van der Waals surface area contributed by atoms with Crippen molar-refractivity contribution in [3.63, 3.8) is 0 Å². The van der Waals surface area contributed by atoms with Crippen molar-refractivity contribution in [2.75, 3.05) is 4.90 Å². The Hall–Kier alpha value is -4.12. The van der Waals surface area contributed by atoms with Gasteiger partial charge >= 0.3 is 0 Å². The number of anilines is 3. The number of nitrogens with zero attached hydrogens (tertiary/aromatic N) is 1. The SMILES string of the molecule is Cc1cc(O)cc(Oc2ccccc2N(c2ccc(O)c(C)c2C)c2ccc(O)c(C)c2C)c1. The number of hydrogen-bond acceptors (Lipinski definition) is 5. The Morgan fingerprint density at radius 2 is 1.15 bits per heavy atom. The zero-order valence-electron chi connectivity index (χ0n) is 20.0. The van der Waals surface area contributed by atoms with Gasteiger partial charge in [-0.15, -0.1) is 0 Å². The summed E-state index contributed by atoms with van der Waals surface area (Å²) in [6.45, 7) is 9.62. The van der Waals surface area contributed by atoms with Gasteiger partial charge in [-0.2, -0.15) is 0 Å². The van der Waals surface area contributed by atoms with Crippen molar-refractivity contribution in [3.05, 3.63) is 94.5 Å². The van der Waals surface area contributed by atoms with Crippen molar-refractivity contribution in [1.29, 1.82) is 0 Å². The first-order valence-corrected chi connectivity index (χ1v) is 11.1. The maximum Gasteiger partial charge on any atom is 0.151 e. The molecular formula is C29H29NO4. The van der Waals surface area contributed by atoms with Crippen LogP contribution >= 0.6 is 0 Å². The molecule has 4 rings (SSSR count). The predicted molar refractivity (Wildman–Crippen MR) is 136 cm³/mol. The Bertz CT molecular complexity index is 1300. The van der Waals surface area contributed by atoms with Gasteiger partial charge in [-0.3, -0.25) is 0 Å². The summed E-state index contributed by atoms with van der Waals surface area (Å²) in [5.41, 5.74) is 6.86. The van der Waals surface area contributed by atoms with Crippen LogP contribution in [0.2, 0.25) is 0 Å². The summed E-state index contributed by atoms with van der Waals surface area (Å²) in [6, 6.07) is 20.0. The minimum Gasteiger partial charge on any atom is -0.508 e. The molecule has 0 aromatic heterocycles. The van der Waals surface area contributed by atoms with Gasteiger partial charge in [0.1, 0.15) is 23.0 Å². The van der Waals surface area contributed by atoms with Crippen molar-refractivity contribution in [3.8, 4) is 28.7 Å². The monoisotopic (exact) mass is 455 g/mol. The first-order valence-electron chi connectivity index (χ1n) is 11.1. The number of para-hydroxylation sites is 2. The van der Waals surface area contributed by atoms with Gasteiger partial charge in [0.2, 0.25) is 0 Å². The van der Waals surface area contributed by atoms with Crippen molar-refractivity contribution < 1.29 is 20.1 Å². The highest BCUT2D eigenvalue weighted by molar-refractivity contribution is 5.84. The number of hydrogen-bond donors (Lipinski definition) is 3. The molecule has 0 saturated carbocycles. The van der Waals surface area contributed by atoms with Crippen LogP contribution in [0, 0.1) is 34.6 Å². The fourth-order valence-corrected chi connectivity index (χ4v) is 4.10. The van der Waals surface area contributed by atoms with Crippen molar-refractivity contribution >= 4 is 17.1 Å². The molecule has 0 heterocycles. The van der Waals surface area contributed by atoms with E-state index in [2.05, 4.69) is 4.90 Å². The van der Waals surface area contributed by atoms with Crippen LogP contribution in [-0.2, 0) is 0 Å². The number of rotatable bonds is 5. The third-order valence-corrected chi connectivity index (χ3v) is 6.31. The van der Waals surface area contributed by atoms with Gasteiger partial charge in [0.25, 0.3) is 0 Å². The van der Waals surface area contributed by atoms with E-state index in [0.29, 0.717) is 11.5 Å². The molecule has 34 heavy (non-hydrogen) atoms. The van der Waals surface area contributed by atoms with E-state index >= 15 is 0 Å². The van der Waals surface area contributed by atoms with E-state index in [4.69, 9.17) is 4.74 Å². The van der Waals surface area contributed by atoms with E-state index in [1.165, 1.54) is 0 Å². The fourth-order valence-electron chi connectivity index (χ4n) is 4.10. The maximum atomic E-state index is 10.3. The molecule has 0 radical (unpaired) electrons. The van der Waals surface area contributed by atoms with E-state index < -0.39 is 0 Å². The van der Waals surface area contributed by atoms with Gasteiger partial charge in [0, 0.05) is 17.4 Å². The Labute approximate surface area is 200 Å². The predicted octanol–water partition coefficient (Wildman–Crippen LogP) is 7.61. The largest absolute Gasteiger partial charge is 0.508 e. The summed E-state index contributed by atoms with van der Waals surface area (Å²) in [5, 5.41) is 30.6. The second-order valence-electron chi connectivity index (χ2n) is 8.62. The van der Waals surface area contributed by atoms with E-state index in [-0.39, 0.29) is 17.2 Å². The lowest BCUT2D eigenvalue weighted by molar-refractivity contribution is 0.455. The van der Waals surface area contributed by atoms with Crippen molar-refractivity contribution in [1.82, 2.24) is 0 Å². The number of aromatic hydroxyl groups is 3. The molecule has 0 spiro atoms. The number of aryl methyl sites for hydroxylation is 1. The first kappa shape index (κ1) is 23.1. The highest BCUT2D eigenvalue weighted by Crippen LogP contribution is 2.46. The van der Waals surface area contributed by atoms with Crippen LogP contribution in [0.5, 0.6) is 28.7 Å². The minimum atomic E-state index is 0.138. The van der Waals surface area contributed by atoms with Gasteiger partial charge in [-0.25, -0.2) is 0 Å². The minimum absolute atomic E-state index is 0.138. The van der Waals surface area contributed by atoms with Crippen LogP contribution in [0.15, 0.2) is 66.7 Å². The Morgan fingerprint density at radius 1 is 0.588 bits per heavy atom. The summed E-state index contributed by atoms with van der Waals surface area (Å²) in [7, 11) is 0. The second kappa shape index (κ2) is 9.02. The maximum absolute atomic E-state index is 10.3. The summed E-state index contributed by atoms with van der Waals surface area (Å²) < 4.78 is 6.28. The lowest BCUT2D eigenvalue weighted by Gasteiger charge is -2.31. The van der Waals surface area contributed by atoms with Crippen LogP contribution in [0.4, 0.5) is 17.1 Å². The third-order valence-electron chi connectivity index (χ3n) is 6.31. The average Bonchev–Trinajstić information content (AvgIpc) is 2.79. The molecule has 0 bridgehead atoms. The molecule has 0 unspecified atom stereocenters. The lowest BCUT2D eigenvalue weighted by atomic mass is 10.0. The number of phenols is 3. The molecule has 0 amide bonds. The molecule has 4 aromatic rings. The van der Waals surface area contributed by atoms with Gasteiger partial charge in [-0.1, -0.05) is 12.1 Å². The van der Waals surface area contributed by atoms with Gasteiger partial charge in [0.15, 0.2) is 5.75 Å². The number of ether oxygens (including phenoxy) is 1. The molecular weight excluding hydrogens is 426 g/mol. The zero-order valence-corrected chi connectivity index (χ0v) is 20.0. The van der Waals surface area contributed by atoms with Crippen molar-refractivity contribution in [2.45, 2.75) is 34.6 Å². The van der Waals surface area contributed by atoms with Gasteiger partial charge in [0.05, 0.1) is 5.69 Å². The lowest BCUT2D eigenvalue weighted by Crippen LogP contribution is -2.14. The standard InChI is InChI=1S/C29H29NO4/c1-17-14-22(31)16-23(15-17)34-29-9-7-6-8-26(29)30(24-10-12-27(32)20(4)18(24)2)25-11-13-28(33)21(5)19(25)3/h6-16,31-33H,1-5H3. The molecule has 0 aliphatic heterocycles. The van der Waals surface area contributed by atoms with E-state index in [1.807, 2.05) is 77.1 Å². The Morgan fingerprint density at radius 3 is 1.71 bits per heavy atom. The first-order chi connectivity index (χ1) is 16.2. The molecule has 0 aliphatic rings. The molecule has 4 aromatic carbocycles. The average molecular weight is 456 g/mol. The Balaban J connectivity index is 1.96. The summed E-state index contributed by atoms with van der Waals surface area (Å²) in [6.07, 6.45) is 0. The summed E-state index contributed by atoms with van der Waals surface area (Å²) in [4.78, 5) is 2.08. The smallest absolute Gasteiger partial charge is 0.151 e. The molecule has 5 nitrogen and oxygen atoms in total. The normalized spacial score (nSPS) is 10.9. The topological polar surface area (TPSA) is 73.2 Å². The van der Waals surface area contributed by atoms with Crippen LogP contribution in [-0.4, -0.2) is 15.3 Å². The van der Waals surface area contributed by atoms with Crippen LogP contribution in [0.25, 0.3) is 0 Å². The Kier molecular flexibility index (Phi) is 6.12. The van der Waals surface area contributed by atoms with Gasteiger partial charge in [-0.05, 0) is 111 Å². The molecule has 0 fully saturated rings. The van der Waals surface area contributed by atoms with E-state index in [0.717, 1.165) is 44.9 Å². The van der Waals surface area contributed by atoms with Gasteiger partial charge < -0.3 is 25.0 Å². The van der Waals surface area contributed by atoms with Crippen LogP contribution in [0.3, 0.4) is 0 Å². The fraction of sp³-hybridized carbons (Fsp3) is 0.172. The molecule has 5 heteroatoms. The molecule has 0 aliphatic carbocycles. The molecule has 174 valence electrons. The quantitative estimate of drug-likeness (QED) is 0.289. The molecule has 0 atom stereocenters. The van der Waals surface area contributed by atoms with E-state index in [9.17, 15) is 15.3 Å². The number of benzene rings is 4. The van der Waals surface area contributed by atoms with Crippen LogP contribution < -0.4 is 9.64 Å². The third kappa shape index (κ3) is 4.25. The highest BCUT2D eigenvalue weighted by atomic mass is 16.5.